The molecule has 1 heteroatoms. The van der Waals surface area contributed by atoms with Gasteiger partial charge in [0, 0.05) is 16.8 Å². The van der Waals surface area contributed by atoms with Crippen LogP contribution >= 0.6 is 0 Å². The lowest BCUT2D eigenvalue weighted by atomic mass is 9.82. The first kappa shape index (κ1) is 18.0. The fourth-order valence-electron chi connectivity index (χ4n) is 4.62. The summed E-state index contributed by atoms with van der Waals surface area (Å²) in [5.74, 6) is 0.555. The first-order valence-corrected chi connectivity index (χ1v) is 10.5. The smallest absolute Gasteiger partial charge is 0.0387 e. The topological polar surface area (TPSA) is 12.0 Å². The van der Waals surface area contributed by atoms with Crippen molar-refractivity contribution in [2.75, 3.05) is 5.32 Å². The molecule has 0 radical (unpaired) electrons. The molecule has 1 nitrogen and oxygen atoms in total. The van der Waals surface area contributed by atoms with Gasteiger partial charge in [0.2, 0.25) is 0 Å². The molecule has 0 spiro atoms. The molecule has 1 N–H and O–H groups in total. The van der Waals surface area contributed by atoms with Crippen LogP contribution in [0.1, 0.15) is 50.3 Å². The van der Waals surface area contributed by atoms with E-state index < -0.39 is 0 Å². The summed E-state index contributed by atoms with van der Waals surface area (Å²) in [4.78, 5) is 0. The number of fused-ring (bicyclic) bond motifs is 4. The van der Waals surface area contributed by atoms with Crippen LogP contribution in [0.5, 0.6) is 0 Å². The van der Waals surface area contributed by atoms with Crippen molar-refractivity contribution in [3.8, 4) is 11.1 Å². The highest BCUT2D eigenvalue weighted by molar-refractivity contribution is 5.94. The summed E-state index contributed by atoms with van der Waals surface area (Å²) in [6.07, 6.45) is 0. The second kappa shape index (κ2) is 6.49. The van der Waals surface area contributed by atoms with Crippen LogP contribution in [-0.4, -0.2) is 0 Å². The first-order valence-electron chi connectivity index (χ1n) is 10.5. The zero-order valence-electron chi connectivity index (χ0n) is 17.6. The SMILES string of the molecule is CC(C)c1ccc(Nc2ccc3c(c2)C(C)(C)c2cc4ccccc4cc2-3)cc1. The maximum atomic E-state index is 3.60. The lowest BCUT2D eigenvalue weighted by Gasteiger charge is -2.22. The molecule has 0 saturated carbocycles. The number of hydrogen-bond donors (Lipinski definition) is 1. The average Bonchev–Trinajstić information content (AvgIpc) is 2.93. The molecule has 144 valence electrons. The van der Waals surface area contributed by atoms with Crippen molar-refractivity contribution >= 4 is 22.1 Å². The molecule has 5 rings (SSSR count). The lowest BCUT2D eigenvalue weighted by Crippen LogP contribution is -2.15. The highest BCUT2D eigenvalue weighted by atomic mass is 14.9. The van der Waals surface area contributed by atoms with E-state index in [-0.39, 0.29) is 5.41 Å². The summed E-state index contributed by atoms with van der Waals surface area (Å²) in [7, 11) is 0. The normalized spacial score (nSPS) is 14.1. The van der Waals surface area contributed by atoms with Crippen LogP contribution in [0.3, 0.4) is 0 Å². The van der Waals surface area contributed by atoms with E-state index in [2.05, 4.69) is 112 Å². The minimum absolute atomic E-state index is 0.00606. The van der Waals surface area contributed by atoms with Crippen molar-refractivity contribution in [2.45, 2.75) is 39.0 Å². The van der Waals surface area contributed by atoms with Crippen LogP contribution in [0.25, 0.3) is 21.9 Å². The maximum absolute atomic E-state index is 3.60. The molecular formula is C28H27N. The van der Waals surface area contributed by atoms with Gasteiger partial charge in [-0.3, -0.25) is 0 Å². The van der Waals surface area contributed by atoms with Crippen LogP contribution < -0.4 is 5.32 Å². The van der Waals surface area contributed by atoms with E-state index in [1.807, 2.05) is 0 Å². The molecule has 0 atom stereocenters. The van der Waals surface area contributed by atoms with Crippen LogP contribution in [0, 0.1) is 0 Å². The van der Waals surface area contributed by atoms with Crippen molar-refractivity contribution in [3.05, 3.63) is 95.6 Å². The highest BCUT2D eigenvalue weighted by Crippen LogP contribution is 2.50. The van der Waals surface area contributed by atoms with Gasteiger partial charge in [0.05, 0.1) is 0 Å². The molecule has 0 aliphatic heterocycles. The highest BCUT2D eigenvalue weighted by Gasteiger charge is 2.35. The third-order valence-electron chi connectivity index (χ3n) is 6.41. The van der Waals surface area contributed by atoms with E-state index in [9.17, 15) is 0 Å². The van der Waals surface area contributed by atoms with Crippen molar-refractivity contribution in [1.29, 1.82) is 0 Å². The van der Waals surface area contributed by atoms with E-state index in [0.29, 0.717) is 5.92 Å². The zero-order valence-corrected chi connectivity index (χ0v) is 17.6. The summed E-state index contributed by atoms with van der Waals surface area (Å²) < 4.78 is 0. The molecule has 1 aliphatic rings. The van der Waals surface area contributed by atoms with Gasteiger partial charge >= 0.3 is 0 Å². The van der Waals surface area contributed by atoms with Crippen LogP contribution in [0.2, 0.25) is 0 Å². The molecule has 4 aromatic rings. The summed E-state index contributed by atoms with van der Waals surface area (Å²) in [5.41, 5.74) is 9.19. The van der Waals surface area contributed by atoms with Gasteiger partial charge in [0.25, 0.3) is 0 Å². The number of benzene rings is 4. The van der Waals surface area contributed by atoms with Gasteiger partial charge in [0.1, 0.15) is 0 Å². The molecule has 0 bridgehead atoms. The third kappa shape index (κ3) is 2.93. The lowest BCUT2D eigenvalue weighted by molar-refractivity contribution is 0.661. The molecule has 29 heavy (non-hydrogen) atoms. The predicted molar refractivity (Wildman–Crippen MR) is 125 cm³/mol. The van der Waals surface area contributed by atoms with E-state index in [0.717, 1.165) is 11.4 Å². The Morgan fingerprint density at radius 1 is 0.655 bits per heavy atom. The Balaban J connectivity index is 1.54. The average molecular weight is 378 g/mol. The Kier molecular flexibility index (Phi) is 4.03. The minimum atomic E-state index is -0.00606. The summed E-state index contributed by atoms with van der Waals surface area (Å²) >= 11 is 0. The van der Waals surface area contributed by atoms with Gasteiger partial charge in [0.15, 0.2) is 0 Å². The molecule has 0 fully saturated rings. The van der Waals surface area contributed by atoms with E-state index in [1.165, 1.54) is 38.6 Å². The minimum Gasteiger partial charge on any atom is -0.356 e. The van der Waals surface area contributed by atoms with Gasteiger partial charge < -0.3 is 5.32 Å². The quantitative estimate of drug-likeness (QED) is 0.381. The number of rotatable bonds is 3. The Morgan fingerprint density at radius 2 is 1.28 bits per heavy atom. The van der Waals surface area contributed by atoms with Gasteiger partial charge in [-0.1, -0.05) is 70.2 Å². The fraction of sp³-hybridized carbons (Fsp3) is 0.214. The Morgan fingerprint density at radius 3 is 1.97 bits per heavy atom. The van der Waals surface area contributed by atoms with Crippen molar-refractivity contribution in [1.82, 2.24) is 0 Å². The largest absolute Gasteiger partial charge is 0.356 e. The van der Waals surface area contributed by atoms with Gasteiger partial charge in [-0.05, 0) is 80.9 Å². The Bertz CT molecular complexity index is 1210. The number of nitrogens with one attached hydrogen (secondary N) is 1. The standard InChI is InChI=1S/C28H27N/c1-18(2)19-9-11-22(12-10-19)29-23-13-14-24-25-15-20-7-5-6-8-21(20)16-26(25)28(3,4)27(24)17-23/h5-18,29H,1-4H3. The van der Waals surface area contributed by atoms with Crippen molar-refractivity contribution in [2.24, 2.45) is 0 Å². The van der Waals surface area contributed by atoms with E-state index in [1.54, 1.807) is 0 Å². The van der Waals surface area contributed by atoms with Crippen LogP contribution in [0.4, 0.5) is 11.4 Å². The first-order chi connectivity index (χ1) is 13.9. The van der Waals surface area contributed by atoms with Crippen molar-refractivity contribution in [3.63, 3.8) is 0 Å². The van der Waals surface area contributed by atoms with Crippen LogP contribution in [0.15, 0.2) is 78.9 Å². The van der Waals surface area contributed by atoms with Gasteiger partial charge in [-0.25, -0.2) is 0 Å². The monoisotopic (exact) mass is 377 g/mol. The molecule has 0 amide bonds. The molecule has 0 aromatic heterocycles. The molecule has 0 unspecified atom stereocenters. The molecule has 4 aromatic carbocycles. The summed E-state index contributed by atoms with van der Waals surface area (Å²) in [6, 6.07) is 29.0. The van der Waals surface area contributed by atoms with Gasteiger partial charge in [-0.2, -0.15) is 0 Å². The van der Waals surface area contributed by atoms with Crippen LogP contribution in [-0.2, 0) is 5.41 Å². The zero-order chi connectivity index (χ0) is 20.2. The van der Waals surface area contributed by atoms with Gasteiger partial charge in [-0.15, -0.1) is 0 Å². The summed E-state index contributed by atoms with van der Waals surface area (Å²) in [6.45, 7) is 9.14. The van der Waals surface area contributed by atoms with E-state index >= 15 is 0 Å². The predicted octanol–water partition coefficient (Wildman–Crippen LogP) is 8.01. The molecular weight excluding hydrogens is 350 g/mol. The van der Waals surface area contributed by atoms with E-state index in [4.69, 9.17) is 0 Å². The van der Waals surface area contributed by atoms with Crippen molar-refractivity contribution < 1.29 is 0 Å². The fourth-order valence-corrected chi connectivity index (χ4v) is 4.62. The number of anilines is 2. The second-order valence-corrected chi connectivity index (χ2v) is 9.03. The third-order valence-corrected chi connectivity index (χ3v) is 6.41. The molecule has 0 saturated heterocycles. The second-order valence-electron chi connectivity index (χ2n) is 9.03. The summed E-state index contributed by atoms with van der Waals surface area (Å²) in [5, 5.41) is 6.22. The number of hydrogen-bond acceptors (Lipinski definition) is 1. The molecule has 0 heterocycles. The Labute approximate surface area is 173 Å². The Hall–Kier alpha value is -3.06. The molecule has 1 aliphatic carbocycles. The maximum Gasteiger partial charge on any atom is 0.0387 e.